The average Bonchev–Trinajstić information content (AvgIpc) is 2.56. The van der Waals surface area contributed by atoms with E-state index >= 15 is 0 Å². The SMILES string of the molecule is CCOc1ccc(C(=O)Nc2ccc(C)cc2)cc1S(=O)(=O)NC(C)C. The molecular weight excluding hydrogens is 352 g/mol. The molecule has 7 heteroatoms. The summed E-state index contributed by atoms with van der Waals surface area (Å²) in [5.41, 5.74) is 1.95. The van der Waals surface area contributed by atoms with Gasteiger partial charge in [0.2, 0.25) is 10.0 Å². The van der Waals surface area contributed by atoms with E-state index in [1.54, 1.807) is 39.0 Å². The second-order valence-corrected chi connectivity index (χ2v) is 7.87. The van der Waals surface area contributed by atoms with Crippen molar-refractivity contribution >= 4 is 21.6 Å². The molecule has 0 saturated carbocycles. The number of ether oxygens (including phenoxy) is 1. The summed E-state index contributed by atoms with van der Waals surface area (Å²) in [4.78, 5) is 12.5. The van der Waals surface area contributed by atoms with Crippen LogP contribution in [0.2, 0.25) is 0 Å². The maximum absolute atomic E-state index is 12.6. The third-order valence-electron chi connectivity index (χ3n) is 3.50. The fourth-order valence-electron chi connectivity index (χ4n) is 2.35. The van der Waals surface area contributed by atoms with Gasteiger partial charge in [-0.1, -0.05) is 17.7 Å². The van der Waals surface area contributed by atoms with Crippen LogP contribution in [0.4, 0.5) is 5.69 Å². The first-order valence-corrected chi connectivity index (χ1v) is 9.88. The molecule has 0 heterocycles. The summed E-state index contributed by atoms with van der Waals surface area (Å²) in [6.45, 7) is 7.50. The maximum Gasteiger partial charge on any atom is 0.255 e. The summed E-state index contributed by atoms with van der Waals surface area (Å²) < 4.78 is 33.1. The molecule has 0 aliphatic carbocycles. The van der Waals surface area contributed by atoms with Gasteiger partial charge >= 0.3 is 0 Å². The molecule has 0 aliphatic rings. The number of hydrogen-bond acceptors (Lipinski definition) is 4. The van der Waals surface area contributed by atoms with E-state index < -0.39 is 15.9 Å². The van der Waals surface area contributed by atoms with Gasteiger partial charge in [-0.05, 0) is 58.0 Å². The molecule has 1 amide bonds. The van der Waals surface area contributed by atoms with Crippen LogP contribution in [0.25, 0.3) is 0 Å². The largest absolute Gasteiger partial charge is 0.492 e. The van der Waals surface area contributed by atoms with Crippen LogP contribution in [0, 0.1) is 6.92 Å². The molecule has 6 nitrogen and oxygen atoms in total. The Hall–Kier alpha value is -2.38. The molecule has 0 radical (unpaired) electrons. The van der Waals surface area contributed by atoms with Gasteiger partial charge in [0.15, 0.2) is 0 Å². The van der Waals surface area contributed by atoms with Crippen molar-refractivity contribution in [3.63, 3.8) is 0 Å². The number of carbonyl (C=O) groups is 1. The Balaban J connectivity index is 2.36. The van der Waals surface area contributed by atoms with Crippen molar-refractivity contribution < 1.29 is 17.9 Å². The predicted molar refractivity (Wildman–Crippen MR) is 102 cm³/mol. The summed E-state index contributed by atoms with van der Waals surface area (Å²) in [6, 6.07) is 11.5. The first kappa shape index (κ1) is 19.9. The van der Waals surface area contributed by atoms with E-state index in [-0.39, 0.29) is 22.3 Å². The number of hydrogen-bond donors (Lipinski definition) is 2. The lowest BCUT2D eigenvalue weighted by Gasteiger charge is -2.15. The Morgan fingerprint density at radius 2 is 1.77 bits per heavy atom. The van der Waals surface area contributed by atoms with Gasteiger partial charge < -0.3 is 10.1 Å². The van der Waals surface area contributed by atoms with Gasteiger partial charge in [0.25, 0.3) is 5.91 Å². The Labute approximate surface area is 154 Å². The van der Waals surface area contributed by atoms with Gasteiger partial charge in [-0.3, -0.25) is 4.79 Å². The van der Waals surface area contributed by atoms with Crippen LogP contribution in [0.15, 0.2) is 47.4 Å². The normalized spacial score (nSPS) is 11.4. The minimum atomic E-state index is -3.80. The highest BCUT2D eigenvalue weighted by Gasteiger charge is 2.22. The van der Waals surface area contributed by atoms with Crippen LogP contribution in [-0.2, 0) is 10.0 Å². The van der Waals surface area contributed by atoms with Gasteiger partial charge in [-0.2, -0.15) is 0 Å². The van der Waals surface area contributed by atoms with Gasteiger partial charge in [-0.15, -0.1) is 0 Å². The molecule has 0 spiro atoms. The van der Waals surface area contributed by atoms with Gasteiger partial charge in [-0.25, -0.2) is 13.1 Å². The molecule has 140 valence electrons. The zero-order chi connectivity index (χ0) is 19.3. The minimum Gasteiger partial charge on any atom is -0.492 e. The number of rotatable bonds is 7. The summed E-state index contributed by atoms with van der Waals surface area (Å²) in [5, 5.41) is 2.76. The number of sulfonamides is 1. The van der Waals surface area contributed by atoms with E-state index in [9.17, 15) is 13.2 Å². The molecule has 0 aromatic heterocycles. The van der Waals surface area contributed by atoms with E-state index in [2.05, 4.69) is 10.0 Å². The molecule has 2 N–H and O–H groups in total. The molecule has 0 unspecified atom stereocenters. The van der Waals surface area contributed by atoms with E-state index in [1.165, 1.54) is 12.1 Å². The van der Waals surface area contributed by atoms with Crippen molar-refractivity contribution in [2.24, 2.45) is 0 Å². The molecule has 0 aliphatic heterocycles. The fraction of sp³-hybridized carbons (Fsp3) is 0.316. The number of amides is 1. The van der Waals surface area contributed by atoms with E-state index in [0.29, 0.717) is 12.3 Å². The van der Waals surface area contributed by atoms with Crippen molar-refractivity contribution in [1.29, 1.82) is 0 Å². The lowest BCUT2D eigenvalue weighted by molar-refractivity contribution is 0.102. The molecule has 0 atom stereocenters. The number of benzene rings is 2. The standard InChI is InChI=1S/C19H24N2O4S/c1-5-25-17-11-8-15(12-18(17)26(23,24)21-13(2)3)19(22)20-16-9-6-14(4)7-10-16/h6-13,21H,5H2,1-4H3,(H,20,22). The van der Waals surface area contributed by atoms with Crippen LogP contribution in [0.3, 0.4) is 0 Å². The van der Waals surface area contributed by atoms with Crippen molar-refractivity contribution in [3.8, 4) is 5.75 Å². The van der Waals surface area contributed by atoms with Crippen LogP contribution >= 0.6 is 0 Å². The minimum absolute atomic E-state index is 0.0513. The highest BCUT2D eigenvalue weighted by atomic mass is 32.2. The lowest BCUT2D eigenvalue weighted by Crippen LogP contribution is -2.30. The van der Waals surface area contributed by atoms with Crippen molar-refractivity contribution in [2.45, 2.75) is 38.6 Å². The molecule has 0 bridgehead atoms. The number of nitrogens with one attached hydrogen (secondary N) is 2. The predicted octanol–water partition coefficient (Wildman–Crippen LogP) is 3.33. The van der Waals surface area contributed by atoms with E-state index in [0.717, 1.165) is 5.56 Å². The molecule has 2 aromatic rings. The Bertz CT molecular complexity index is 875. The Kier molecular flexibility index (Phi) is 6.39. The summed E-state index contributed by atoms with van der Waals surface area (Å²) in [7, 11) is -3.80. The maximum atomic E-state index is 12.6. The first-order valence-electron chi connectivity index (χ1n) is 8.40. The number of carbonyl (C=O) groups excluding carboxylic acids is 1. The van der Waals surface area contributed by atoms with Crippen molar-refractivity contribution in [3.05, 3.63) is 53.6 Å². The van der Waals surface area contributed by atoms with Gasteiger partial charge in [0.05, 0.1) is 6.61 Å². The Morgan fingerprint density at radius 1 is 1.12 bits per heavy atom. The number of aryl methyl sites for hydroxylation is 1. The third kappa shape index (κ3) is 5.06. The topological polar surface area (TPSA) is 84.5 Å². The molecule has 26 heavy (non-hydrogen) atoms. The summed E-state index contributed by atoms with van der Waals surface area (Å²) in [5.74, 6) is -0.176. The van der Waals surface area contributed by atoms with Crippen LogP contribution in [0.5, 0.6) is 5.75 Å². The van der Waals surface area contributed by atoms with Crippen molar-refractivity contribution in [2.75, 3.05) is 11.9 Å². The second-order valence-electron chi connectivity index (χ2n) is 6.19. The lowest BCUT2D eigenvalue weighted by atomic mass is 10.2. The molecule has 0 saturated heterocycles. The quantitative estimate of drug-likeness (QED) is 0.776. The van der Waals surface area contributed by atoms with Gasteiger partial charge in [0.1, 0.15) is 10.6 Å². The summed E-state index contributed by atoms with van der Waals surface area (Å²) >= 11 is 0. The highest BCUT2D eigenvalue weighted by molar-refractivity contribution is 7.89. The van der Waals surface area contributed by atoms with Gasteiger partial charge in [0, 0.05) is 17.3 Å². The zero-order valence-corrected chi connectivity index (χ0v) is 16.2. The van der Waals surface area contributed by atoms with Crippen LogP contribution in [-0.4, -0.2) is 27.0 Å². The smallest absolute Gasteiger partial charge is 0.255 e. The highest BCUT2D eigenvalue weighted by Crippen LogP contribution is 2.26. The zero-order valence-electron chi connectivity index (χ0n) is 15.4. The average molecular weight is 376 g/mol. The second kappa shape index (κ2) is 8.33. The van der Waals surface area contributed by atoms with E-state index in [4.69, 9.17) is 4.74 Å². The number of anilines is 1. The van der Waals surface area contributed by atoms with E-state index in [1.807, 2.05) is 19.1 Å². The molecule has 2 rings (SSSR count). The fourth-order valence-corrected chi connectivity index (χ4v) is 3.77. The molecule has 0 fully saturated rings. The Morgan fingerprint density at radius 3 is 2.35 bits per heavy atom. The third-order valence-corrected chi connectivity index (χ3v) is 5.18. The van der Waals surface area contributed by atoms with Crippen molar-refractivity contribution in [1.82, 2.24) is 4.72 Å². The monoisotopic (exact) mass is 376 g/mol. The van der Waals surface area contributed by atoms with Crippen LogP contribution < -0.4 is 14.8 Å². The first-order chi connectivity index (χ1) is 12.2. The molecule has 2 aromatic carbocycles. The van der Waals surface area contributed by atoms with Crippen LogP contribution in [0.1, 0.15) is 36.7 Å². The molecular formula is C19H24N2O4S. The summed E-state index contributed by atoms with van der Waals surface area (Å²) in [6.07, 6.45) is 0.